The first-order valence-electron chi connectivity index (χ1n) is 22.1. The maximum atomic E-state index is 7.72. The first-order chi connectivity index (χ1) is 30.8. The Morgan fingerprint density at radius 2 is 0.613 bits per heavy atom. The molecule has 0 unspecified atom stereocenters. The smallest absolute Gasteiger partial charge is 0.120 e. The van der Waals surface area contributed by atoms with Gasteiger partial charge in [0.15, 0.2) is 0 Å². The van der Waals surface area contributed by atoms with Gasteiger partial charge in [-0.1, -0.05) is 206 Å². The van der Waals surface area contributed by atoms with E-state index in [1.165, 1.54) is 120 Å². The van der Waals surface area contributed by atoms with Gasteiger partial charge in [-0.2, -0.15) is 0 Å². The SMILES string of the molecule is c1ccc2c(C3(c4c(-c5cccc6c7ccccc7c7ccccc7c56)ccc5ccccc45)CCCCO3)c(-c3cccc4c5ccccc5c5ccccc5c34)ccc2c1. The fourth-order valence-corrected chi connectivity index (χ4v) is 11.5. The highest BCUT2D eigenvalue weighted by Crippen LogP contribution is 2.55. The average Bonchev–Trinajstić information content (AvgIpc) is 3.35. The Labute approximate surface area is 360 Å². The second-order valence-electron chi connectivity index (χ2n) is 17.2. The highest BCUT2D eigenvalue weighted by atomic mass is 16.5. The monoisotopic (exact) mass is 790 g/mol. The van der Waals surface area contributed by atoms with Gasteiger partial charge in [-0.15, -0.1) is 0 Å². The van der Waals surface area contributed by atoms with Gasteiger partial charge in [-0.05, 0) is 128 Å². The third-order valence-corrected chi connectivity index (χ3v) is 14.1. The summed E-state index contributed by atoms with van der Waals surface area (Å²) in [5.41, 5.74) is 6.66. The second-order valence-corrected chi connectivity index (χ2v) is 17.2. The van der Waals surface area contributed by atoms with Gasteiger partial charge in [0.1, 0.15) is 5.60 Å². The molecule has 62 heavy (non-hydrogen) atoms. The maximum absolute atomic E-state index is 7.72. The lowest BCUT2D eigenvalue weighted by Crippen LogP contribution is -2.36. The zero-order valence-electron chi connectivity index (χ0n) is 34.4. The van der Waals surface area contributed by atoms with Crippen molar-refractivity contribution in [2.45, 2.75) is 24.9 Å². The Bertz CT molecular complexity index is 3460. The zero-order chi connectivity index (χ0) is 40.8. The molecule has 0 aromatic heterocycles. The van der Waals surface area contributed by atoms with Crippen molar-refractivity contribution >= 4 is 86.2 Å². The van der Waals surface area contributed by atoms with Crippen LogP contribution in [0.2, 0.25) is 0 Å². The summed E-state index contributed by atoms with van der Waals surface area (Å²) in [7, 11) is 0. The second kappa shape index (κ2) is 13.9. The van der Waals surface area contributed by atoms with Crippen molar-refractivity contribution in [3.8, 4) is 22.3 Å². The van der Waals surface area contributed by atoms with Crippen LogP contribution >= 0.6 is 0 Å². The quantitative estimate of drug-likeness (QED) is 0.161. The van der Waals surface area contributed by atoms with Crippen molar-refractivity contribution in [3.63, 3.8) is 0 Å². The lowest BCUT2D eigenvalue weighted by atomic mass is 9.71. The summed E-state index contributed by atoms with van der Waals surface area (Å²) in [5, 5.41) is 20.3. The molecule has 1 aliphatic heterocycles. The summed E-state index contributed by atoms with van der Waals surface area (Å²) in [6, 6.07) is 77.1. The number of hydrogen-bond acceptors (Lipinski definition) is 1. The molecule has 12 aromatic rings. The van der Waals surface area contributed by atoms with Gasteiger partial charge in [-0.25, -0.2) is 0 Å². The molecule has 0 bridgehead atoms. The summed E-state index contributed by atoms with van der Waals surface area (Å²) in [5.74, 6) is 0. The molecule has 1 heterocycles. The van der Waals surface area contributed by atoms with E-state index < -0.39 is 5.60 Å². The van der Waals surface area contributed by atoms with Gasteiger partial charge < -0.3 is 4.74 Å². The minimum atomic E-state index is -0.783. The Morgan fingerprint density at radius 3 is 1.00 bits per heavy atom. The Balaban J connectivity index is 1.21. The van der Waals surface area contributed by atoms with Gasteiger partial charge in [0, 0.05) is 17.7 Å². The van der Waals surface area contributed by atoms with Crippen LogP contribution in [0.3, 0.4) is 0 Å². The van der Waals surface area contributed by atoms with E-state index in [0.717, 1.165) is 19.3 Å². The van der Waals surface area contributed by atoms with Gasteiger partial charge in [0.05, 0.1) is 0 Å². The molecular formula is C61H42O. The normalized spacial score (nSPS) is 14.3. The van der Waals surface area contributed by atoms with Crippen LogP contribution in [-0.2, 0) is 10.3 Å². The molecule has 0 atom stereocenters. The van der Waals surface area contributed by atoms with Gasteiger partial charge >= 0.3 is 0 Å². The summed E-state index contributed by atoms with van der Waals surface area (Å²) in [4.78, 5) is 0. The highest BCUT2D eigenvalue weighted by Gasteiger charge is 2.43. The molecular weight excluding hydrogens is 749 g/mol. The first-order valence-corrected chi connectivity index (χ1v) is 22.1. The number of rotatable bonds is 4. The van der Waals surface area contributed by atoms with E-state index in [9.17, 15) is 0 Å². The van der Waals surface area contributed by atoms with E-state index in [1.54, 1.807) is 0 Å². The first kappa shape index (κ1) is 35.4. The van der Waals surface area contributed by atoms with Crippen LogP contribution < -0.4 is 0 Å². The Hall–Kier alpha value is -7.32. The molecule has 1 aliphatic rings. The van der Waals surface area contributed by atoms with E-state index in [2.05, 4.69) is 206 Å². The predicted molar refractivity (Wildman–Crippen MR) is 264 cm³/mol. The van der Waals surface area contributed by atoms with Crippen molar-refractivity contribution in [1.29, 1.82) is 0 Å². The summed E-state index contributed by atoms with van der Waals surface area (Å²) in [6.45, 7) is 0.678. The number of benzene rings is 12. The van der Waals surface area contributed by atoms with Crippen LogP contribution in [0.25, 0.3) is 108 Å². The van der Waals surface area contributed by atoms with Crippen LogP contribution in [0.4, 0.5) is 0 Å². The lowest BCUT2D eigenvalue weighted by molar-refractivity contribution is -0.0505. The van der Waals surface area contributed by atoms with Gasteiger partial charge in [0.2, 0.25) is 0 Å². The standard InChI is InChI=1S/C61H42O/c1-3-19-41-39(17-1)33-35-55(53-31-15-29-51-47-23-7-5-21-43(47)45-25-9-11-27-49(45)57(51)53)59(41)61(37-13-14-38-62-61)60-42-20-4-2-18-40(42)34-36-56(60)54-32-16-30-52-48-24-8-6-22-44(48)46-26-10-12-28-50(46)58(52)54/h1-12,15-36H,13-14,37-38H2. The molecule has 12 aromatic carbocycles. The fourth-order valence-electron chi connectivity index (χ4n) is 11.5. The molecule has 0 radical (unpaired) electrons. The highest BCUT2D eigenvalue weighted by molar-refractivity contribution is 6.30. The largest absolute Gasteiger partial charge is 0.365 e. The third kappa shape index (κ3) is 5.06. The van der Waals surface area contributed by atoms with Crippen molar-refractivity contribution < 1.29 is 4.74 Å². The minimum absolute atomic E-state index is 0.678. The molecule has 1 fully saturated rings. The molecule has 1 saturated heterocycles. The van der Waals surface area contributed by atoms with E-state index in [1.807, 2.05) is 0 Å². The molecule has 292 valence electrons. The molecule has 0 N–H and O–H groups in total. The Kier molecular flexibility index (Phi) is 7.92. The molecule has 1 nitrogen and oxygen atoms in total. The fraction of sp³-hybridized carbons (Fsp3) is 0.0820. The van der Waals surface area contributed by atoms with Crippen molar-refractivity contribution in [2.75, 3.05) is 6.61 Å². The van der Waals surface area contributed by atoms with Crippen LogP contribution in [0.15, 0.2) is 206 Å². The minimum Gasteiger partial charge on any atom is -0.365 e. The topological polar surface area (TPSA) is 9.23 Å². The van der Waals surface area contributed by atoms with Crippen molar-refractivity contribution in [3.05, 3.63) is 217 Å². The summed E-state index contributed by atoms with van der Waals surface area (Å²) < 4.78 is 7.72. The predicted octanol–water partition coefficient (Wildman–Crippen LogP) is 16.7. The van der Waals surface area contributed by atoms with Crippen molar-refractivity contribution in [1.82, 2.24) is 0 Å². The van der Waals surface area contributed by atoms with E-state index in [-0.39, 0.29) is 0 Å². The molecule has 0 aliphatic carbocycles. The number of hydrogen-bond donors (Lipinski definition) is 0. The average molecular weight is 791 g/mol. The maximum Gasteiger partial charge on any atom is 0.120 e. The van der Waals surface area contributed by atoms with Gasteiger partial charge in [-0.3, -0.25) is 0 Å². The van der Waals surface area contributed by atoms with Gasteiger partial charge in [0.25, 0.3) is 0 Å². The van der Waals surface area contributed by atoms with Crippen LogP contribution in [0, 0.1) is 0 Å². The third-order valence-electron chi connectivity index (χ3n) is 14.1. The van der Waals surface area contributed by atoms with E-state index in [4.69, 9.17) is 4.74 Å². The number of ether oxygens (including phenoxy) is 1. The van der Waals surface area contributed by atoms with Crippen LogP contribution in [0.1, 0.15) is 30.4 Å². The Morgan fingerprint density at radius 1 is 0.274 bits per heavy atom. The summed E-state index contributed by atoms with van der Waals surface area (Å²) in [6.07, 6.45) is 2.94. The molecule has 1 heteroatoms. The van der Waals surface area contributed by atoms with Crippen LogP contribution in [0.5, 0.6) is 0 Å². The van der Waals surface area contributed by atoms with Crippen molar-refractivity contribution in [2.24, 2.45) is 0 Å². The molecule has 0 amide bonds. The van der Waals surface area contributed by atoms with E-state index in [0.29, 0.717) is 6.61 Å². The molecule has 0 spiro atoms. The summed E-state index contributed by atoms with van der Waals surface area (Å²) >= 11 is 0. The zero-order valence-corrected chi connectivity index (χ0v) is 34.4. The molecule has 13 rings (SSSR count). The van der Waals surface area contributed by atoms with Crippen LogP contribution in [-0.4, -0.2) is 6.61 Å². The number of fused-ring (bicyclic) bond motifs is 14. The van der Waals surface area contributed by atoms with E-state index >= 15 is 0 Å². The lowest BCUT2D eigenvalue weighted by Gasteiger charge is -2.42. The molecule has 0 saturated carbocycles.